The number of rotatable bonds is 0. The first-order chi connectivity index (χ1) is 1.00. The van der Waals surface area contributed by atoms with Crippen LogP contribution in [0.15, 0.2) is 0 Å². The minimum atomic E-state index is 0. The smallest absolute Gasteiger partial charge is 0.358 e. The van der Waals surface area contributed by atoms with Crippen LogP contribution in [-0.4, -0.2) is 0 Å². The van der Waals surface area contributed by atoms with E-state index in [0.29, 0.717) is 0 Å². The zero-order chi connectivity index (χ0) is 2.00. The van der Waals surface area contributed by atoms with Crippen LogP contribution in [0.2, 0.25) is 0 Å². The summed E-state index contributed by atoms with van der Waals surface area (Å²) in [5.74, 6) is 0. The van der Waals surface area contributed by atoms with Crippen LogP contribution in [0.1, 0.15) is 15.3 Å². The molecule has 0 radical (unpaired) electrons. The Balaban J connectivity index is -0.000000000833. The average Bonchev–Trinajstić information content (AvgIpc) is 1.00. The Labute approximate surface area is 76.1 Å². The minimum absolute atomic E-state index is 0. The topological polar surface area (TPSA) is 0 Å². The maximum absolute atomic E-state index is 2.00. The molecule has 0 nitrogen and oxygen atoms in total. The van der Waals surface area contributed by atoms with Crippen molar-refractivity contribution in [1.29, 1.82) is 0 Å². The third-order valence-electron chi connectivity index (χ3n) is 0. The predicted molar refractivity (Wildman–Crippen MR) is 26.3 cm³/mol. The van der Waals surface area contributed by atoms with E-state index in [1.165, 1.54) is 0 Å². The van der Waals surface area contributed by atoms with E-state index in [-0.39, 0.29) is 63.2 Å². The van der Waals surface area contributed by atoms with E-state index < -0.39 is 0 Å². The Bertz CT molecular complexity index is 7.51. The molecule has 0 N–H and O–H groups in total. The van der Waals surface area contributed by atoms with Crippen molar-refractivity contribution in [3.8, 4) is 0 Å². The van der Waals surface area contributed by atoms with Gasteiger partial charge in [-0.3, -0.25) is 0 Å². The van der Waals surface area contributed by atoms with E-state index >= 15 is 0 Å². The molecule has 0 atom stereocenters. The van der Waals surface area contributed by atoms with Crippen molar-refractivity contribution in [3.05, 3.63) is 14.9 Å². The summed E-state index contributed by atoms with van der Waals surface area (Å²) in [6.45, 7) is 4.00. The molecule has 0 saturated carbocycles. The molecule has 0 fully saturated rings. The van der Waals surface area contributed by atoms with Gasteiger partial charge in [-0.2, -0.15) is 0 Å². The Morgan fingerprint density at radius 2 is 1.00 bits per heavy atom. The Morgan fingerprint density at radius 3 is 1.00 bits per heavy atom. The van der Waals surface area contributed by atoms with Gasteiger partial charge in [-0.05, 0) is 0 Å². The van der Waals surface area contributed by atoms with E-state index in [4.69, 9.17) is 0 Å². The average molecular weight is 237 g/mol. The summed E-state index contributed by atoms with van der Waals surface area (Å²) >= 11 is 0. The fourth-order valence-electron chi connectivity index (χ4n) is 0. The van der Waals surface area contributed by atoms with Crippen LogP contribution in [0.25, 0.3) is 0 Å². The molecule has 0 aliphatic rings. The second-order valence-electron chi connectivity index (χ2n) is 0. The van der Waals surface area contributed by atoms with Crippen LogP contribution < -0.4 is 0 Å². The summed E-state index contributed by atoms with van der Waals surface area (Å²) in [4.78, 5) is 0. The van der Waals surface area contributed by atoms with Crippen molar-refractivity contribution in [2.75, 3.05) is 0 Å². The minimum Gasteiger partial charge on any atom is -0.358 e. The molecule has 0 unspecified atom stereocenters. The van der Waals surface area contributed by atoms with Crippen molar-refractivity contribution in [3.63, 3.8) is 0 Å². The molecule has 0 aromatic carbocycles. The van der Waals surface area contributed by atoms with Crippen LogP contribution in [0, 0.1) is 61.8 Å². The molecule has 0 amide bonds. The van der Waals surface area contributed by atoms with Gasteiger partial charge in [0.15, 0.2) is 0 Å². The van der Waals surface area contributed by atoms with Crippen molar-refractivity contribution in [2.45, 2.75) is 13.8 Å². The summed E-state index contributed by atoms with van der Waals surface area (Å²) in [6.07, 6.45) is 0. The van der Waals surface area contributed by atoms with E-state index in [0.717, 1.165) is 0 Å². The largest absolute Gasteiger partial charge is 2.00 e. The van der Waals surface area contributed by atoms with Gasteiger partial charge in [-0.1, -0.05) is 13.8 Å². The maximum atomic E-state index is 2.00. The predicted octanol–water partition coefficient (Wildman–Crippen LogP) is 2.17. The summed E-state index contributed by atoms with van der Waals surface area (Å²) in [5.41, 5.74) is 0. The van der Waals surface area contributed by atoms with Gasteiger partial charge in [0.05, 0.1) is 0 Å². The van der Waals surface area contributed by atoms with Crippen LogP contribution >= 0.6 is 0 Å². The molecule has 0 aliphatic carbocycles. The van der Waals surface area contributed by atoms with Crippen LogP contribution in [-0.2, 0) is 0 Å². The zero-order valence-electron chi connectivity index (χ0n) is 4.27. The first-order valence-electron chi connectivity index (χ1n) is 1.00. The fourth-order valence-corrected chi connectivity index (χ4v) is 0. The van der Waals surface area contributed by atoms with Crippen molar-refractivity contribution >= 4 is 0 Å². The molecule has 1 heteroatoms. The Morgan fingerprint density at radius 1 is 1.00 bits per heavy atom. The summed E-state index contributed by atoms with van der Waals surface area (Å²) in [6, 6.07) is 0. The molecular formula is C4H14Yb. The van der Waals surface area contributed by atoms with Crippen molar-refractivity contribution in [1.82, 2.24) is 0 Å². The van der Waals surface area contributed by atoms with E-state index in [1.54, 1.807) is 0 Å². The van der Waals surface area contributed by atoms with Gasteiger partial charge in [-0.15, -0.1) is 0 Å². The molecule has 44 valence electrons. The molecule has 0 spiro atoms. The van der Waals surface area contributed by atoms with E-state index in [1.807, 2.05) is 13.8 Å². The summed E-state index contributed by atoms with van der Waals surface area (Å²) in [5, 5.41) is 0. The van der Waals surface area contributed by atoms with Crippen LogP contribution in [0.4, 0.5) is 0 Å². The van der Waals surface area contributed by atoms with E-state index in [9.17, 15) is 0 Å². The second-order valence-corrected chi connectivity index (χ2v) is 0. The third-order valence-corrected chi connectivity index (χ3v) is 0. The Hall–Kier alpha value is 1.52. The van der Waals surface area contributed by atoms with Gasteiger partial charge in [0.1, 0.15) is 0 Å². The molecule has 5 heavy (non-hydrogen) atoms. The fraction of sp³-hybridized carbons (Fsp3) is 0.500. The Kier molecular flexibility index (Phi) is 306. The van der Waals surface area contributed by atoms with Gasteiger partial charge < -0.3 is 14.9 Å². The molecule has 0 bridgehead atoms. The van der Waals surface area contributed by atoms with Crippen LogP contribution in [0.5, 0.6) is 0 Å². The molecule has 0 saturated heterocycles. The molecule has 0 aromatic heterocycles. The molecular weight excluding hydrogens is 221 g/mol. The summed E-state index contributed by atoms with van der Waals surface area (Å²) < 4.78 is 0. The first kappa shape index (κ1) is 31.3. The van der Waals surface area contributed by atoms with Gasteiger partial charge in [-0.25, -0.2) is 0 Å². The third kappa shape index (κ3) is 29.6. The van der Waals surface area contributed by atoms with Crippen molar-refractivity contribution < 1.29 is 48.4 Å². The van der Waals surface area contributed by atoms with Crippen LogP contribution in [0.3, 0.4) is 0 Å². The molecule has 0 rings (SSSR count). The number of hydrogen-bond acceptors (Lipinski definition) is 0. The molecule has 0 aliphatic heterocycles. The van der Waals surface area contributed by atoms with Crippen molar-refractivity contribution in [2.24, 2.45) is 0 Å². The SMILES string of the molecule is CC.[3HH].[CH3-].[CH3-].[Yb+2]. The normalized spacial score (nSPS) is 1.20. The monoisotopic (exact) mass is 238 g/mol. The molecule has 0 aromatic rings. The van der Waals surface area contributed by atoms with Gasteiger partial charge >= 0.3 is 46.9 Å². The van der Waals surface area contributed by atoms with Gasteiger partial charge in [0.25, 0.3) is 0 Å². The molecule has 0 heterocycles. The number of hydrogen-bond donors (Lipinski definition) is 0. The maximum Gasteiger partial charge on any atom is 2.00 e. The second kappa shape index (κ2) is 48.8. The quantitative estimate of drug-likeness (QED) is 0.566. The van der Waals surface area contributed by atoms with Gasteiger partial charge in [0, 0.05) is 1.43 Å². The standard InChI is InChI=1S/C2H6.2CH3.Yb.H2/c1-2;;;;/h1-2H3;2*1H3;;1H/q;2*-1;+2;/i;;;;1+2. The first-order valence-corrected chi connectivity index (χ1v) is 1.00. The van der Waals surface area contributed by atoms with E-state index in [2.05, 4.69) is 0 Å². The zero-order valence-corrected chi connectivity index (χ0v) is 5.98. The summed E-state index contributed by atoms with van der Waals surface area (Å²) in [7, 11) is 0. The van der Waals surface area contributed by atoms with Gasteiger partial charge in [0.2, 0.25) is 0 Å².